The van der Waals surface area contributed by atoms with E-state index >= 15 is 0 Å². The van der Waals surface area contributed by atoms with Gasteiger partial charge >= 0.3 is 0 Å². The molecule has 0 saturated carbocycles. The fraction of sp³-hybridized carbons (Fsp3) is 0.100. The average Bonchev–Trinajstić information content (AvgIpc) is 3.47. The van der Waals surface area contributed by atoms with E-state index in [9.17, 15) is 18.9 Å². The van der Waals surface area contributed by atoms with Crippen molar-refractivity contribution in [3.05, 3.63) is 94.3 Å². The van der Waals surface area contributed by atoms with Gasteiger partial charge in [-0.15, -0.1) is 5.10 Å². The van der Waals surface area contributed by atoms with Crippen molar-refractivity contribution in [1.29, 1.82) is 0 Å². The highest BCUT2D eigenvalue weighted by atomic mass is 19.1. The number of hydrogen-bond donors (Lipinski definition) is 0. The first-order valence-electron chi connectivity index (χ1n) is 9.22. The van der Waals surface area contributed by atoms with Crippen LogP contribution in [0.4, 0.5) is 14.5 Å². The second kappa shape index (κ2) is 8.71. The van der Waals surface area contributed by atoms with Gasteiger partial charge in [0.25, 0.3) is 5.69 Å². The second-order valence-electron chi connectivity index (χ2n) is 6.60. The number of rotatable bonds is 7. The Morgan fingerprint density at radius 3 is 2.78 bits per heavy atom. The summed E-state index contributed by atoms with van der Waals surface area (Å²) < 4.78 is 36.4. The Morgan fingerprint density at radius 1 is 1.22 bits per heavy atom. The predicted octanol–water partition coefficient (Wildman–Crippen LogP) is 3.61. The molecule has 2 aromatic heterocycles. The first-order valence-corrected chi connectivity index (χ1v) is 9.22. The monoisotopic (exact) mass is 439 g/mol. The van der Waals surface area contributed by atoms with Gasteiger partial charge in [-0.3, -0.25) is 10.1 Å². The molecule has 0 fully saturated rings. The minimum atomic E-state index is -0.806. The molecule has 12 heteroatoms. The van der Waals surface area contributed by atoms with E-state index in [-0.39, 0.29) is 23.6 Å². The summed E-state index contributed by atoms with van der Waals surface area (Å²) in [6.07, 6.45) is 4.26. The molecule has 0 spiro atoms. The Labute approximate surface area is 179 Å². The van der Waals surface area contributed by atoms with E-state index in [1.54, 1.807) is 13.0 Å². The van der Waals surface area contributed by atoms with Crippen molar-refractivity contribution in [2.45, 2.75) is 13.5 Å². The number of aromatic nitrogens is 6. The number of ether oxygens (including phenoxy) is 1. The number of nitro groups is 1. The maximum absolute atomic E-state index is 14.5. The largest absolute Gasteiger partial charge is 0.485 e. The molecule has 10 nitrogen and oxygen atoms in total. The van der Waals surface area contributed by atoms with Crippen molar-refractivity contribution in [3.8, 4) is 5.69 Å². The Hall–Kier alpha value is -4.48. The van der Waals surface area contributed by atoms with Gasteiger partial charge in [-0.05, 0) is 25.1 Å². The molecular weight excluding hydrogens is 424 g/mol. The summed E-state index contributed by atoms with van der Waals surface area (Å²) in [4.78, 5) is 14.3. The van der Waals surface area contributed by atoms with Crippen LogP contribution in [-0.2, 0) is 11.3 Å². The first kappa shape index (κ1) is 20.8. The number of non-ortho nitro benzene ring substituents is 1. The zero-order chi connectivity index (χ0) is 22.7. The molecule has 0 aliphatic rings. The Bertz CT molecular complexity index is 1300. The van der Waals surface area contributed by atoms with E-state index in [2.05, 4.69) is 20.4 Å². The molecule has 0 amide bonds. The van der Waals surface area contributed by atoms with E-state index in [1.165, 1.54) is 52.5 Å². The number of hydrogen-bond acceptors (Lipinski definition) is 7. The summed E-state index contributed by atoms with van der Waals surface area (Å²) in [6, 6.07) is 9.03. The minimum Gasteiger partial charge on any atom is -0.485 e. The summed E-state index contributed by atoms with van der Waals surface area (Å²) >= 11 is 0. The number of halogens is 2. The zero-order valence-corrected chi connectivity index (χ0v) is 16.6. The molecule has 4 rings (SSSR count). The van der Waals surface area contributed by atoms with E-state index in [0.717, 1.165) is 12.1 Å². The molecule has 0 atom stereocenters. The molecule has 0 bridgehead atoms. The highest BCUT2D eigenvalue weighted by Crippen LogP contribution is 2.27. The van der Waals surface area contributed by atoms with Crippen LogP contribution in [0.15, 0.2) is 61.3 Å². The van der Waals surface area contributed by atoms with E-state index in [0.29, 0.717) is 17.1 Å². The van der Waals surface area contributed by atoms with Crippen molar-refractivity contribution < 1.29 is 18.4 Å². The van der Waals surface area contributed by atoms with Gasteiger partial charge in [0.1, 0.15) is 36.6 Å². The lowest BCUT2D eigenvalue weighted by Gasteiger charge is -2.14. The van der Waals surface area contributed by atoms with Crippen LogP contribution in [0.25, 0.3) is 17.1 Å². The highest BCUT2D eigenvalue weighted by Gasteiger charge is 2.17. The van der Waals surface area contributed by atoms with Crippen molar-refractivity contribution in [1.82, 2.24) is 29.8 Å². The summed E-state index contributed by atoms with van der Waals surface area (Å²) in [6.45, 7) is 1.54. The van der Waals surface area contributed by atoms with Crippen LogP contribution in [0.2, 0.25) is 0 Å². The lowest BCUT2D eigenvalue weighted by Crippen LogP contribution is -2.04. The van der Waals surface area contributed by atoms with E-state index in [1.807, 2.05) is 0 Å². The summed E-state index contributed by atoms with van der Waals surface area (Å²) in [7, 11) is 0. The lowest BCUT2D eigenvalue weighted by molar-refractivity contribution is -0.384. The molecular formula is C20H15F2N7O3. The summed E-state index contributed by atoms with van der Waals surface area (Å²) in [5, 5.41) is 23.0. The van der Waals surface area contributed by atoms with Gasteiger partial charge in [-0.1, -0.05) is 11.3 Å². The maximum atomic E-state index is 14.5. The normalized spacial score (nSPS) is 11.8. The number of benzene rings is 2. The van der Waals surface area contributed by atoms with Gasteiger partial charge in [-0.2, -0.15) is 5.10 Å². The lowest BCUT2D eigenvalue weighted by atomic mass is 10.1. The van der Waals surface area contributed by atoms with Gasteiger partial charge in [0.2, 0.25) is 0 Å². The van der Waals surface area contributed by atoms with Gasteiger partial charge in [0.15, 0.2) is 5.76 Å². The second-order valence-corrected chi connectivity index (χ2v) is 6.60. The van der Waals surface area contributed by atoms with E-state index in [4.69, 9.17) is 4.74 Å². The van der Waals surface area contributed by atoms with Crippen LogP contribution >= 0.6 is 0 Å². The number of nitrogens with zero attached hydrogens (tertiary/aromatic N) is 7. The number of allylic oxidation sites excluding steroid dienone is 1. The molecule has 0 N–H and O–H groups in total. The Balaban J connectivity index is 1.62. The van der Waals surface area contributed by atoms with Gasteiger partial charge < -0.3 is 4.74 Å². The fourth-order valence-corrected chi connectivity index (χ4v) is 2.92. The van der Waals surface area contributed by atoms with Crippen molar-refractivity contribution in [3.63, 3.8) is 0 Å². The van der Waals surface area contributed by atoms with Gasteiger partial charge in [-0.25, -0.2) is 23.1 Å². The quantitative estimate of drug-likeness (QED) is 0.245. The molecule has 162 valence electrons. The molecule has 0 unspecified atom stereocenters. The first-order chi connectivity index (χ1) is 15.4. The third-order valence-electron chi connectivity index (χ3n) is 4.48. The standard InChI is InChI=1S/C20H15F2N7O3/c1-13(28-12-23-11-24-28)20(18-6-5-14(21)7-19(18)22)32-10-15-9-27(26-25-15)16-3-2-4-17(8-16)29(30)31/h2-9,11-12H,10H2,1H3/b20-13-. The zero-order valence-electron chi connectivity index (χ0n) is 16.6. The number of nitro benzene ring substituents is 1. The van der Waals surface area contributed by atoms with Crippen LogP contribution < -0.4 is 0 Å². The topological polar surface area (TPSA) is 114 Å². The van der Waals surface area contributed by atoms with Gasteiger partial charge in [0, 0.05) is 18.2 Å². The van der Waals surface area contributed by atoms with Crippen LogP contribution in [0.3, 0.4) is 0 Å². The molecule has 32 heavy (non-hydrogen) atoms. The molecule has 0 radical (unpaired) electrons. The van der Waals surface area contributed by atoms with Crippen molar-refractivity contribution in [2.75, 3.05) is 0 Å². The average molecular weight is 439 g/mol. The van der Waals surface area contributed by atoms with Crippen LogP contribution in [-0.4, -0.2) is 34.7 Å². The molecule has 0 aliphatic carbocycles. The van der Waals surface area contributed by atoms with Crippen molar-refractivity contribution in [2.24, 2.45) is 0 Å². The predicted molar refractivity (Wildman–Crippen MR) is 108 cm³/mol. The smallest absolute Gasteiger partial charge is 0.271 e. The van der Waals surface area contributed by atoms with Gasteiger partial charge in [0.05, 0.1) is 28.1 Å². The fourth-order valence-electron chi connectivity index (χ4n) is 2.92. The molecule has 4 aromatic rings. The van der Waals surface area contributed by atoms with E-state index < -0.39 is 16.6 Å². The summed E-state index contributed by atoms with van der Waals surface area (Å²) in [5.41, 5.74) is 1.18. The molecule has 2 heterocycles. The molecule has 0 saturated heterocycles. The maximum Gasteiger partial charge on any atom is 0.271 e. The third-order valence-corrected chi connectivity index (χ3v) is 4.48. The van der Waals surface area contributed by atoms with Crippen LogP contribution in [0, 0.1) is 21.7 Å². The Morgan fingerprint density at radius 2 is 2.06 bits per heavy atom. The Kier molecular flexibility index (Phi) is 5.66. The minimum absolute atomic E-state index is 0.0328. The highest BCUT2D eigenvalue weighted by molar-refractivity contribution is 5.77. The third kappa shape index (κ3) is 4.33. The molecule has 0 aliphatic heterocycles. The van der Waals surface area contributed by atoms with Crippen LogP contribution in [0.5, 0.6) is 0 Å². The van der Waals surface area contributed by atoms with Crippen LogP contribution in [0.1, 0.15) is 18.2 Å². The summed E-state index contributed by atoms with van der Waals surface area (Å²) in [5.74, 6) is -1.42. The molecule has 2 aromatic carbocycles. The van der Waals surface area contributed by atoms with Crippen molar-refractivity contribution >= 4 is 17.1 Å². The SMILES string of the molecule is C/C(=C(/OCc1cn(-c2cccc([N+](=O)[O-])c2)nn1)c1ccc(F)cc1F)n1cncn1.